The molecule has 0 radical (unpaired) electrons. The van der Waals surface area contributed by atoms with Crippen LogP contribution in [0.1, 0.15) is 24.6 Å². The maximum atomic E-state index is 13.2. The van der Waals surface area contributed by atoms with Crippen molar-refractivity contribution in [3.63, 3.8) is 0 Å². The van der Waals surface area contributed by atoms with Gasteiger partial charge in [0, 0.05) is 12.5 Å². The van der Waals surface area contributed by atoms with Gasteiger partial charge in [0.25, 0.3) is 12.3 Å². The smallest absolute Gasteiger partial charge is 0.249 e. The van der Waals surface area contributed by atoms with Crippen LogP contribution in [0, 0.1) is 5.82 Å². The molecule has 0 unspecified atom stereocenters. The van der Waals surface area contributed by atoms with Crippen molar-refractivity contribution in [2.24, 2.45) is 0 Å². The first-order chi connectivity index (χ1) is 9.70. The van der Waals surface area contributed by atoms with E-state index in [-0.39, 0.29) is 11.3 Å². The second-order valence-corrected chi connectivity index (χ2v) is 4.68. The molecule has 0 saturated carbocycles. The largest absolute Gasteiger partial charge is 0.290 e. The highest BCUT2D eigenvalue weighted by molar-refractivity contribution is 6.30. The second-order valence-electron chi connectivity index (χ2n) is 4.32. The molecule has 2 aromatic rings. The highest BCUT2D eigenvalue weighted by atomic mass is 35.5. The predicted octanol–water partition coefficient (Wildman–Crippen LogP) is 4.99. The number of aromatic nitrogens is 2. The standard InChI is InChI=1S/C13H8ClF5N2/c1-13(18,19)10-11(14)21-9(5-20-10)6-2-3-8(15)7(4-6)12(16)17/h2-5,12H,1H3. The van der Waals surface area contributed by atoms with Crippen molar-refractivity contribution in [3.05, 3.63) is 46.6 Å². The van der Waals surface area contributed by atoms with E-state index >= 15 is 0 Å². The Morgan fingerprint density at radius 1 is 1.24 bits per heavy atom. The number of halogens is 6. The lowest BCUT2D eigenvalue weighted by atomic mass is 10.1. The van der Waals surface area contributed by atoms with E-state index in [1.54, 1.807) is 0 Å². The van der Waals surface area contributed by atoms with E-state index < -0.39 is 34.6 Å². The Morgan fingerprint density at radius 2 is 1.90 bits per heavy atom. The number of benzene rings is 1. The molecule has 1 heterocycles. The van der Waals surface area contributed by atoms with Gasteiger partial charge >= 0.3 is 0 Å². The molecule has 0 amide bonds. The van der Waals surface area contributed by atoms with Gasteiger partial charge in [0.15, 0.2) is 5.15 Å². The number of hydrogen-bond acceptors (Lipinski definition) is 2. The van der Waals surface area contributed by atoms with Crippen LogP contribution in [0.15, 0.2) is 24.4 Å². The molecule has 1 aromatic carbocycles. The van der Waals surface area contributed by atoms with Crippen LogP contribution in [0.5, 0.6) is 0 Å². The van der Waals surface area contributed by atoms with Gasteiger partial charge in [-0.15, -0.1) is 0 Å². The zero-order valence-electron chi connectivity index (χ0n) is 10.5. The molecule has 1 aromatic heterocycles. The summed E-state index contributed by atoms with van der Waals surface area (Å²) in [6.45, 7) is 0.607. The predicted molar refractivity (Wildman–Crippen MR) is 67.0 cm³/mol. The molecule has 0 N–H and O–H groups in total. The minimum atomic E-state index is -3.28. The van der Waals surface area contributed by atoms with Crippen LogP contribution in [-0.2, 0) is 5.92 Å². The zero-order chi connectivity index (χ0) is 15.8. The molecule has 0 fully saturated rings. The number of rotatable bonds is 3. The van der Waals surface area contributed by atoms with E-state index in [2.05, 4.69) is 9.97 Å². The van der Waals surface area contributed by atoms with E-state index in [0.29, 0.717) is 6.92 Å². The lowest BCUT2D eigenvalue weighted by Crippen LogP contribution is -2.11. The quantitative estimate of drug-likeness (QED) is 0.744. The van der Waals surface area contributed by atoms with Crippen molar-refractivity contribution in [1.29, 1.82) is 0 Å². The lowest BCUT2D eigenvalue weighted by molar-refractivity contribution is 0.0125. The highest BCUT2D eigenvalue weighted by Crippen LogP contribution is 2.32. The third-order valence-electron chi connectivity index (χ3n) is 2.67. The summed E-state index contributed by atoms with van der Waals surface area (Å²) in [5.41, 5.74) is -1.43. The molecule has 0 aliphatic heterocycles. The summed E-state index contributed by atoms with van der Waals surface area (Å²) in [5.74, 6) is -4.34. The van der Waals surface area contributed by atoms with Crippen molar-refractivity contribution in [3.8, 4) is 11.3 Å². The molecule has 21 heavy (non-hydrogen) atoms. The fourth-order valence-corrected chi connectivity index (χ4v) is 1.98. The Bertz CT molecular complexity index is 670. The molecule has 0 saturated heterocycles. The first-order valence-electron chi connectivity index (χ1n) is 5.69. The number of nitrogens with zero attached hydrogens (tertiary/aromatic N) is 2. The van der Waals surface area contributed by atoms with Crippen LogP contribution in [-0.4, -0.2) is 9.97 Å². The minimum absolute atomic E-state index is 0.00472. The molecule has 2 rings (SSSR count). The highest BCUT2D eigenvalue weighted by Gasteiger charge is 2.30. The van der Waals surface area contributed by atoms with Gasteiger partial charge in [-0.3, -0.25) is 0 Å². The number of hydrogen-bond donors (Lipinski definition) is 0. The Hall–Kier alpha value is -1.76. The van der Waals surface area contributed by atoms with Crippen molar-refractivity contribution in [2.45, 2.75) is 19.3 Å². The van der Waals surface area contributed by atoms with Crippen LogP contribution in [0.4, 0.5) is 22.0 Å². The van der Waals surface area contributed by atoms with Crippen molar-refractivity contribution < 1.29 is 22.0 Å². The van der Waals surface area contributed by atoms with E-state index in [1.807, 2.05) is 0 Å². The van der Waals surface area contributed by atoms with Gasteiger partial charge in [0.2, 0.25) is 0 Å². The molecule has 2 nitrogen and oxygen atoms in total. The Balaban J connectivity index is 2.49. The fraction of sp³-hybridized carbons (Fsp3) is 0.231. The molecular formula is C13H8ClF5N2. The first kappa shape index (κ1) is 15.6. The molecule has 0 atom stereocenters. The average molecular weight is 323 g/mol. The Kier molecular flexibility index (Phi) is 4.13. The normalized spacial score (nSPS) is 12.0. The molecule has 112 valence electrons. The second kappa shape index (κ2) is 5.55. The van der Waals surface area contributed by atoms with Crippen molar-refractivity contribution >= 4 is 11.6 Å². The van der Waals surface area contributed by atoms with Crippen LogP contribution in [0.25, 0.3) is 11.3 Å². The van der Waals surface area contributed by atoms with E-state index in [9.17, 15) is 22.0 Å². The van der Waals surface area contributed by atoms with Crippen molar-refractivity contribution in [2.75, 3.05) is 0 Å². The van der Waals surface area contributed by atoms with Gasteiger partial charge < -0.3 is 0 Å². The summed E-state index contributed by atoms with van der Waals surface area (Å²) in [5, 5.41) is -0.539. The summed E-state index contributed by atoms with van der Waals surface area (Å²) in [6, 6.07) is 2.91. The van der Waals surface area contributed by atoms with Crippen LogP contribution >= 0.6 is 11.6 Å². The van der Waals surface area contributed by atoms with Crippen LogP contribution in [0.3, 0.4) is 0 Å². The molecule has 0 bridgehead atoms. The molecule has 0 aliphatic rings. The van der Waals surface area contributed by atoms with Gasteiger partial charge in [-0.2, -0.15) is 8.78 Å². The minimum Gasteiger partial charge on any atom is -0.249 e. The molecule has 0 aliphatic carbocycles. The average Bonchev–Trinajstić information content (AvgIpc) is 2.37. The monoisotopic (exact) mass is 322 g/mol. The van der Waals surface area contributed by atoms with E-state index in [0.717, 1.165) is 18.3 Å². The van der Waals surface area contributed by atoms with Gasteiger partial charge in [-0.1, -0.05) is 11.6 Å². The summed E-state index contributed by atoms with van der Waals surface area (Å²) in [6.07, 6.45) is -2.03. The zero-order valence-corrected chi connectivity index (χ0v) is 11.3. The third-order valence-corrected chi connectivity index (χ3v) is 2.94. The number of alkyl halides is 4. The topological polar surface area (TPSA) is 25.8 Å². The van der Waals surface area contributed by atoms with Crippen LogP contribution < -0.4 is 0 Å². The van der Waals surface area contributed by atoms with Gasteiger partial charge in [-0.25, -0.2) is 23.1 Å². The van der Waals surface area contributed by atoms with Crippen molar-refractivity contribution in [1.82, 2.24) is 9.97 Å². The summed E-state index contributed by atoms with van der Waals surface area (Å²) in [7, 11) is 0. The fourth-order valence-electron chi connectivity index (χ4n) is 1.67. The van der Waals surface area contributed by atoms with Gasteiger partial charge in [-0.05, 0) is 18.2 Å². The summed E-state index contributed by atoms with van der Waals surface area (Å²) < 4.78 is 64.7. The summed E-state index contributed by atoms with van der Waals surface area (Å²) >= 11 is 5.62. The van der Waals surface area contributed by atoms with E-state index in [4.69, 9.17) is 11.6 Å². The SMILES string of the molecule is CC(F)(F)c1ncc(-c2ccc(F)c(C(F)F)c2)nc1Cl. The molecule has 8 heteroatoms. The molecular weight excluding hydrogens is 315 g/mol. The Morgan fingerprint density at radius 3 is 2.43 bits per heavy atom. The first-order valence-corrected chi connectivity index (χ1v) is 6.06. The van der Waals surface area contributed by atoms with Crippen LogP contribution in [0.2, 0.25) is 5.15 Å². The maximum absolute atomic E-state index is 13.2. The van der Waals surface area contributed by atoms with Gasteiger partial charge in [0.1, 0.15) is 11.5 Å². The molecule has 0 spiro atoms. The van der Waals surface area contributed by atoms with Gasteiger partial charge in [0.05, 0.1) is 17.5 Å². The summed E-state index contributed by atoms with van der Waals surface area (Å²) in [4.78, 5) is 7.19. The third kappa shape index (κ3) is 3.29. The lowest BCUT2D eigenvalue weighted by Gasteiger charge is -2.12. The maximum Gasteiger partial charge on any atom is 0.290 e. The van der Waals surface area contributed by atoms with E-state index in [1.165, 1.54) is 6.07 Å². The Labute approximate surface area is 121 Å².